The second kappa shape index (κ2) is 3.99. The number of carbonyl (C=O) groups excluding carboxylic acids is 1. The molecule has 21 heavy (non-hydrogen) atoms. The predicted molar refractivity (Wildman–Crippen MR) is 82.6 cm³/mol. The van der Waals surface area contributed by atoms with Crippen molar-refractivity contribution in [2.45, 2.75) is 69.9 Å². The summed E-state index contributed by atoms with van der Waals surface area (Å²) in [4.78, 5) is 12.3. The highest BCUT2D eigenvalue weighted by molar-refractivity contribution is 6.74. The van der Waals surface area contributed by atoms with E-state index in [-0.39, 0.29) is 16.7 Å². The molecule has 0 radical (unpaired) electrons. The molecule has 3 saturated carbocycles. The SMILES string of the molecule is CC(C)(C)[Si](C)(C)OC[C@]12CO[C@@]3(C)CC(=O)[C@@H]1C[C@@]23O. The standard InChI is InChI=1S/C16H28O4Si/c1-13(2,3)21(5,6)20-10-15-9-19-14(4)8-12(17)11(15)7-16(14,15)18/h11,18H,7-10H2,1-6H3/t11-,14-,15+,16-/m0/s1. The number of aliphatic hydroxyl groups is 1. The molecule has 1 saturated heterocycles. The van der Waals surface area contributed by atoms with Gasteiger partial charge in [0.2, 0.25) is 0 Å². The highest BCUT2D eigenvalue weighted by atomic mass is 28.4. The summed E-state index contributed by atoms with van der Waals surface area (Å²) in [6, 6.07) is 0. The number of Topliss-reactive ketones (excluding diaryl/α,β-unsaturated/α-hetero) is 1. The predicted octanol–water partition coefficient (Wildman–Crippen LogP) is 2.51. The first-order chi connectivity index (χ1) is 9.39. The fourth-order valence-corrected chi connectivity index (χ4v) is 5.13. The molecule has 4 rings (SSSR count). The van der Waals surface area contributed by atoms with E-state index in [0.717, 1.165) is 0 Å². The molecule has 0 spiro atoms. The third-order valence-electron chi connectivity index (χ3n) is 6.91. The van der Waals surface area contributed by atoms with Gasteiger partial charge in [0.1, 0.15) is 17.0 Å². The zero-order valence-electron chi connectivity index (χ0n) is 14.1. The summed E-state index contributed by atoms with van der Waals surface area (Å²) in [6.45, 7) is 13.8. The number of hydrogen-bond acceptors (Lipinski definition) is 4. The molecule has 4 aliphatic rings. The van der Waals surface area contributed by atoms with Gasteiger partial charge in [0, 0.05) is 18.9 Å². The Morgan fingerprint density at radius 1 is 1.43 bits per heavy atom. The first kappa shape index (κ1) is 15.7. The van der Waals surface area contributed by atoms with Gasteiger partial charge in [-0.25, -0.2) is 0 Å². The smallest absolute Gasteiger partial charge is 0.192 e. The van der Waals surface area contributed by atoms with Gasteiger partial charge in [-0.05, 0) is 31.5 Å². The van der Waals surface area contributed by atoms with E-state index in [4.69, 9.17) is 9.16 Å². The number of carbonyl (C=O) groups is 1. The Kier molecular flexibility index (Phi) is 2.97. The van der Waals surface area contributed by atoms with E-state index in [1.807, 2.05) is 6.92 Å². The van der Waals surface area contributed by atoms with Crippen LogP contribution in [0.1, 0.15) is 40.5 Å². The fraction of sp³-hybridized carbons (Fsp3) is 0.938. The molecule has 4 atom stereocenters. The van der Waals surface area contributed by atoms with Gasteiger partial charge in [0.05, 0.1) is 12.0 Å². The lowest BCUT2D eigenvalue weighted by Gasteiger charge is -2.64. The molecule has 0 aromatic heterocycles. The van der Waals surface area contributed by atoms with Gasteiger partial charge in [0.15, 0.2) is 8.32 Å². The van der Waals surface area contributed by atoms with Crippen molar-refractivity contribution >= 4 is 14.1 Å². The summed E-state index contributed by atoms with van der Waals surface area (Å²) >= 11 is 0. The molecule has 1 heterocycles. The van der Waals surface area contributed by atoms with Crippen LogP contribution in [0.4, 0.5) is 0 Å². The molecule has 4 fully saturated rings. The monoisotopic (exact) mass is 312 g/mol. The summed E-state index contributed by atoms with van der Waals surface area (Å²) in [5.41, 5.74) is -2.11. The molecule has 0 aromatic rings. The van der Waals surface area contributed by atoms with E-state index < -0.39 is 24.9 Å². The summed E-state index contributed by atoms with van der Waals surface area (Å²) < 4.78 is 12.3. The first-order valence-electron chi connectivity index (χ1n) is 7.92. The molecule has 4 nitrogen and oxygen atoms in total. The van der Waals surface area contributed by atoms with Gasteiger partial charge in [-0.1, -0.05) is 20.8 Å². The molecule has 4 bridgehead atoms. The molecule has 0 amide bonds. The lowest BCUT2D eigenvalue weighted by atomic mass is 9.41. The average molecular weight is 312 g/mol. The average Bonchev–Trinajstić information content (AvgIpc) is 2.41. The molecule has 1 N–H and O–H groups in total. The van der Waals surface area contributed by atoms with Crippen molar-refractivity contribution in [1.29, 1.82) is 0 Å². The lowest BCUT2D eigenvalue weighted by molar-refractivity contribution is -0.251. The maximum atomic E-state index is 12.3. The van der Waals surface area contributed by atoms with Gasteiger partial charge in [-0.3, -0.25) is 4.79 Å². The van der Waals surface area contributed by atoms with Crippen LogP contribution < -0.4 is 0 Å². The third kappa shape index (κ3) is 1.69. The van der Waals surface area contributed by atoms with Crippen LogP contribution in [0.3, 0.4) is 0 Å². The summed E-state index contributed by atoms with van der Waals surface area (Å²) in [7, 11) is -1.90. The number of ketones is 1. The van der Waals surface area contributed by atoms with E-state index in [9.17, 15) is 9.90 Å². The van der Waals surface area contributed by atoms with Crippen LogP contribution in [0.5, 0.6) is 0 Å². The van der Waals surface area contributed by atoms with Crippen LogP contribution in [0.2, 0.25) is 18.1 Å². The maximum Gasteiger partial charge on any atom is 0.192 e. The number of ether oxygens (including phenoxy) is 1. The number of rotatable bonds is 3. The minimum Gasteiger partial charge on any atom is -0.416 e. The molecule has 0 aromatic carbocycles. The Bertz CT molecular complexity index is 497. The van der Waals surface area contributed by atoms with Gasteiger partial charge in [0.25, 0.3) is 0 Å². The van der Waals surface area contributed by atoms with Crippen LogP contribution >= 0.6 is 0 Å². The first-order valence-corrected chi connectivity index (χ1v) is 10.8. The van der Waals surface area contributed by atoms with Crippen LogP contribution in [-0.4, -0.2) is 43.6 Å². The van der Waals surface area contributed by atoms with Gasteiger partial charge in [-0.2, -0.15) is 0 Å². The van der Waals surface area contributed by atoms with Crippen molar-refractivity contribution < 1.29 is 19.1 Å². The fourth-order valence-electron chi connectivity index (χ4n) is 4.08. The second-order valence-corrected chi connectivity index (χ2v) is 13.8. The zero-order valence-corrected chi connectivity index (χ0v) is 15.1. The maximum absolute atomic E-state index is 12.3. The quantitative estimate of drug-likeness (QED) is 0.814. The normalized spacial score (nSPS) is 45.7. The summed E-state index contributed by atoms with van der Waals surface area (Å²) in [5, 5.41) is 11.2. The molecular weight excluding hydrogens is 284 g/mol. The van der Waals surface area contributed by atoms with Crippen LogP contribution in [0, 0.1) is 11.3 Å². The molecule has 120 valence electrons. The molecule has 1 aliphatic heterocycles. The molecule has 3 aliphatic carbocycles. The van der Waals surface area contributed by atoms with E-state index in [0.29, 0.717) is 26.1 Å². The summed E-state index contributed by atoms with van der Waals surface area (Å²) in [5.74, 6) is 0.160. The van der Waals surface area contributed by atoms with Crippen LogP contribution in [0.15, 0.2) is 0 Å². The molecular formula is C16H28O4Si. The van der Waals surface area contributed by atoms with Gasteiger partial charge in [-0.15, -0.1) is 0 Å². The molecule has 5 heteroatoms. The zero-order chi connectivity index (χ0) is 15.9. The van der Waals surface area contributed by atoms with Crippen molar-refractivity contribution in [3.63, 3.8) is 0 Å². The number of hydrogen-bond donors (Lipinski definition) is 1. The minimum atomic E-state index is -1.90. The van der Waals surface area contributed by atoms with E-state index in [2.05, 4.69) is 33.9 Å². The Morgan fingerprint density at radius 2 is 2.05 bits per heavy atom. The third-order valence-corrected chi connectivity index (χ3v) is 11.4. The highest BCUT2D eigenvalue weighted by Gasteiger charge is 2.81. The Labute approximate surface area is 128 Å². The largest absolute Gasteiger partial charge is 0.416 e. The van der Waals surface area contributed by atoms with Crippen molar-refractivity contribution in [1.82, 2.24) is 0 Å². The second-order valence-electron chi connectivity index (χ2n) is 8.98. The minimum absolute atomic E-state index is 0.0807. The van der Waals surface area contributed by atoms with E-state index in [1.54, 1.807) is 0 Å². The van der Waals surface area contributed by atoms with Crippen molar-refractivity contribution in [2.75, 3.05) is 13.2 Å². The van der Waals surface area contributed by atoms with Crippen molar-refractivity contribution in [3.05, 3.63) is 0 Å². The highest BCUT2D eigenvalue weighted by Crippen LogP contribution is 2.69. The number of fused-ring (bicyclic) bond motifs is 1. The topological polar surface area (TPSA) is 55.8 Å². The van der Waals surface area contributed by atoms with Crippen molar-refractivity contribution in [2.24, 2.45) is 11.3 Å². The Morgan fingerprint density at radius 3 is 2.62 bits per heavy atom. The van der Waals surface area contributed by atoms with Crippen LogP contribution in [0.25, 0.3) is 0 Å². The van der Waals surface area contributed by atoms with Crippen LogP contribution in [-0.2, 0) is 14.0 Å². The van der Waals surface area contributed by atoms with E-state index >= 15 is 0 Å². The van der Waals surface area contributed by atoms with Gasteiger partial charge >= 0.3 is 0 Å². The Hall–Kier alpha value is -0.233. The van der Waals surface area contributed by atoms with Gasteiger partial charge < -0.3 is 14.3 Å². The molecule has 0 unspecified atom stereocenters. The van der Waals surface area contributed by atoms with Crippen molar-refractivity contribution in [3.8, 4) is 0 Å². The summed E-state index contributed by atoms with van der Waals surface area (Å²) in [6.07, 6.45) is 0.888. The van der Waals surface area contributed by atoms with E-state index in [1.165, 1.54) is 0 Å². The lowest BCUT2D eigenvalue weighted by Crippen LogP contribution is -2.77. The Balaban J connectivity index is 1.85.